The Kier molecular flexibility index (Phi) is 10.7. The van der Waals surface area contributed by atoms with Crippen LogP contribution in [0.5, 0.6) is 0 Å². The summed E-state index contributed by atoms with van der Waals surface area (Å²) in [5.41, 5.74) is 8.16. The van der Waals surface area contributed by atoms with Crippen LogP contribution in [0.3, 0.4) is 0 Å². The molecule has 0 unspecified atom stereocenters. The van der Waals surface area contributed by atoms with Crippen molar-refractivity contribution in [3.05, 3.63) is 120 Å². The maximum Gasteiger partial charge on any atom is 0.162 e. The summed E-state index contributed by atoms with van der Waals surface area (Å²) in [5, 5.41) is 14.8. The first-order chi connectivity index (χ1) is 22.8. The van der Waals surface area contributed by atoms with Gasteiger partial charge in [-0.15, -0.1) is 23.8 Å². The summed E-state index contributed by atoms with van der Waals surface area (Å²) in [6, 6.07) is 33.8. The molecule has 4 aromatic carbocycles. The number of aliphatic hydroxyl groups excluding tert-OH is 1. The molecule has 0 atom stereocenters. The molecular formula is C43H45IrN2O2-. The summed E-state index contributed by atoms with van der Waals surface area (Å²) in [6.07, 6.45) is 6.92. The second kappa shape index (κ2) is 14.6. The molecule has 0 saturated carbocycles. The maximum absolute atomic E-state index is 11.7. The molecule has 5 heteroatoms. The quantitative estimate of drug-likeness (QED) is 0.0946. The van der Waals surface area contributed by atoms with E-state index in [1.165, 1.54) is 55.5 Å². The Morgan fingerprint density at radius 2 is 1.48 bits per heavy atom. The van der Waals surface area contributed by atoms with Crippen molar-refractivity contribution in [2.45, 2.75) is 72.6 Å². The van der Waals surface area contributed by atoms with Crippen molar-refractivity contribution >= 4 is 38.4 Å². The van der Waals surface area contributed by atoms with Gasteiger partial charge in [0.15, 0.2) is 5.78 Å². The van der Waals surface area contributed by atoms with Gasteiger partial charge in [0.2, 0.25) is 0 Å². The zero-order valence-corrected chi connectivity index (χ0v) is 31.2. The van der Waals surface area contributed by atoms with Crippen LogP contribution in [-0.2, 0) is 30.3 Å². The van der Waals surface area contributed by atoms with Gasteiger partial charge in [-0.3, -0.25) is 4.79 Å². The minimum atomic E-state index is -0.217. The Morgan fingerprint density at radius 3 is 2.17 bits per heavy atom. The van der Waals surface area contributed by atoms with Gasteiger partial charge in [-0.25, -0.2) is 0 Å². The molecule has 0 spiro atoms. The molecule has 1 aliphatic rings. The van der Waals surface area contributed by atoms with Crippen molar-refractivity contribution in [2.75, 3.05) is 0 Å². The van der Waals surface area contributed by atoms with Crippen LogP contribution in [0.25, 0.3) is 49.5 Å². The largest absolute Gasteiger partial charge is 0.512 e. The molecule has 48 heavy (non-hydrogen) atoms. The number of benzene rings is 4. The van der Waals surface area contributed by atoms with E-state index < -0.39 is 0 Å². The summed E-state index contributed by atoms with van der Waals surface area (Å²) < 4.78 is 2.38. The maximum atomic E-state index is 11.7. The number of fused-ring (bicyclic) bond motifs is 4. The van der Waals surface area contributed by atoms with Crippen LogP contribution >= 0.6 is 0 Å². The zero-order chi connectivity index (χ0) is 33.3. The van der Waals surface area contributed by atoms with Gasteiger partial charge in [-0.2, -0.15) is 0 Å². The number of pyridine rings is 1. The summed E-state index contributed by atoms with van der Waals surface area (Å²) in [4.78, 5) is 16.8. The summed E-state index contributed by atoms with van der Waals surface area (Å²) in [5.74, 6) is 0.547. The number of rotatable bonds is 8. The van der Waals surface area contributed by atoms with Gasteiger partial charge in [0, 0.05) is 60.8 Å². The van der Waals surface area contributed by atoms with Crippen molar-refractivity contribution in [1.29, 1.82) is 0 Å². The van der Waals surface area contributed by atoms with E-state index >= 15 is 0 Å². The summed E-state index contributed by atoms with van der Waals surface area (Å²) in [6.45, 7) is 12.8. The van der Waals surface area contributed by atoms with E-state index in [4.69, 9.17) is 4.98 Å². The first-order valence-corrected chi connectivity index (χ1v) is 17.1. The Morgan fingerprint density at radius 1 is 0.833 bits per heavy atom. The summed E-state index contributed by atoms with van der Waals surface area (Å²) >= 11 is 0. The Labute approximate surface area is 298 Å². The molecule has 2 heterocycles. The molecule has 0 bridgehead atoms. The third-order valence-corrected chi connectivity index (χ3v) is 10.2. The SMILES string of the molecule is CC1(C)c2c(ncc3ccccc23)-c2[c-]ccc3c2c2c1cccc2n3-c1ccccc1.CCC(CC)C(=O)/C=C(\O)C(CC)CC.[Ir]. The number of aromatic nitrogens is 2. The average molecular weight is 814 g/mol. The van der Waals surface area contributed by atoms with Crippen molar-refractivity contribution < 1.29 is 30.0 Å². The molecule has 1 N–H and O–H groups in total. The molecule has 249 valence electrons. The van der Waals surface area contributed by atoms with Crippen LogP contribution in [0.15, 0.2) is 103 Å². The van der Waals surface area contributed by atoms with Gasteiger partial charge in [-0.1, -0.05) is 102 Å². The van der Waals surface area contributed by atoms with Crippen LogP contribution in [0.1, 0.15) is 78.4 Å². The minimum absolute atomic E-state index is 0. The molecular weight excluding hydrogens is 769 g/mol. The second-order valence-corrected chi connectivity index (χ2v) is 13.2. The minimum Gasteiger partial charge on any atom is -0.512 e. The monoisotopic (exact) mass is 814 g/mol. The van der Waals surface area contributed by atoms with Gasteiger partial charge in [0.25, 0.3) is 0 Å². The van der Waals surface area contributed by atoms with Gasteiger partial charge >= 0.3 is 0 Å². The normalized spacial score (nSPS) is 13.4. The number of ketones is 1. The first kappa shape index (κ1) is 35.3. The first-order valence-electron chi connectivity index (χ1n) is 17.1. The molecule has 0 saturated heterocycles. The Balaban J connectivity index is 0.000000243. The van der Waals surface area contributed by atoms with E-state index in [2.05, 4.69) is 109 Å². The third kappa shape index (κ3) is 6.04. The second-order valence-electron chi connectivity index (χ2n) is 13.2. The van der Waals surface area contributed by atoms with E-state index in [0.29, 0.717) is 0 Å². The number of carbonyl (C=O) groups excluding carboxylic acids is 1. The Bertz CT molecular complexity index is 2100. The van der Waals surface area contributed by atoms with Gasteiger partial charge < -0.3 is 14.7 Å². The van der Waals surface area contributed by atoms with Crippen molar-refractivity contribution in [2.24, 2.45) is 11.8 Å². The van der Waals surface area contributed by atoms with Gasteiger partial charge in [-0.05, 0) is 82.4 Å². The third-order valence-electron chi connectivity index (χ3n) is 10.2. The number of hydrogen-bond donors (Lipinski definition) is 1. The average Bonchev–Trinajstić information content (AvgIpc) is 3.40. The van der Waals surface area contributed by atoms with Gasteiger partial charge in [0.05, 0.1) is 5.76 Å². The van der Waals surface area contributed by atoms with E-state index in [9.17, 15) is 9.90 Å². The standard InChI is InChI=1S/C30H21N2.C13H24O2.Ir/c1-30(2)23-15-9-17-25-27(23)26-22(29-28(30)21-13-7-6-10-19(21)18-31-29)14-8-16-24(26)32(25)20-11-4-3-5-12-20;1-5-10(6-2)12(14)9-13(15)11(7-3)8-4;/h3-13,15-18H,1-2H3;9-11,14H,5-8H2,1-4H3;/q-1;;/b;12-9-;. The number of allylic oxidation sites excluding steroid dienone is 2. The fourth-order valence-corrected chi connectivity index (χ4v) is 7.51. The molecule has 0 aliphatic heterocycles. The van der Waals surface area contributed by atoms with Crippen LogP contribution in [0.2, 0.25) is 0 Å². The number of nitrogens with zero attached hydrogens (tertiary/aromatic N) is 2. The topological polar surface area (TPSA) is 55.1 Å². The van der Waals surface area contributed by atoms with E-state index in [-0.39, 0.29) is 48.9 Å². The fourth-order valence-electron chi connectivity index (χ4n) is 7.51. The van der Waals surface area contributed by atoms with E-state index in [1.54, 1.807) is 0 Å². The Hall–Kier alpha value is -4.05. The van der Waals surface area contributed by atoms with Gasteiger partial charge in [0.1, 0.15) is 0 Å². The van der Waals surface area contributed by atoms with E-state index in [1.807, 2.05) is 33.9 Å². The van der Waals surface area contributed by atoms with Crippen molar-refractivity contribution in [3.8, 4) is 16.9 Å². The fraction of sp³-hybridized carbons (Fsp3) is 0.302. The van der Waals surface area contributed by atoms with Crippen LogP contribution in [0.4, 0.5) is 0 Å². The van der Waals surface area contributed by atoms with Crippen molar-refractivity contribution in [1.82, 2.24) is 9.55 Å². The predicted molar refractivity (Wildman–Crippen MR) is 196 cm³/mol. The predicted octanol–water partition coefficient (Wildman–Crippen LogP) is 11.3. The molecule has 6 aromatic rings. The molecule has 4 nitrogen and oxygen atoms in total. The molecule has 1 aliphatic carbocycles. The molecule has 2 aromatic heterocycles. The summed E-state index contributed by atoms with van der Waals surface area (Å²) in [7, 11) is 0. The number of hydrogen-bond acceptors (Lipinski definition) is 3. The van der Waals surface area contributed by atoms with Crippen molar-refractivity contribution in [3.63, 3.8) is 0 Å². The molecule has 1 radical (unpaired) electrons. The number of aliphatic hydroxyl groups is 1. The van der Waals surface area contributed by atoms with Crippen LogP contribution in [-0.4, -0.2) is 20.4 Å². The molecule has 7 rings (SSSR count). The molecule has 0 amide bonds. The number of carbonyl (C=O) groups is 1. The number of para-hydroxylation sites is 1. The molecule has 0 fully saturated rings. The smallest absolute Gasteiger partial charge is 0.162 e. The van der Waals surface area contributed by atoms with Crippen LogP contribution in [0, 0.1) is 17.9 Å². The van der Waals surface area contributed by atoms with Crippen LogP contribution < -0.4 is 0 Å². The zero-order valence-electron chi connectivity index (χ0n) is 28.8. The van der Waals surface area contributed by atoms with E-state index in [0.717, 1.165) is 36.9 Å².